The van der Waals surface area contributed by atoms with E-state index in [0.717, 1.165) is 25.6 Å². The number of piperidine rings is 1. The Morgan fingerprint density at radius 3 is 2.93 bits per heavy atom. The van der Waals surface area contributed by atoms with Gasteiger partial charge in [0.25, 0.3) is 0 Å². The molecule has 0 aliphatic carbocycles. The predicted octanol–water partition coefficient (Wildman–Crippen LogP) is 3.16. The van der Waals surface area contributed by atoms with E-state index in [4.69, 9.17) is 4.52 Å². The van der Waals surface area contributed by atoms with Crippen LogP contribution in [-0.2, 0) is 23.6 Å². The number of thioether (sulfide) groups is 1. The van der Waals surface area contributed by atoms with Crippen LogP contribution >= 0.6 is 11.8 Å². The summed E-state index contributed by atoms with van der Waals surface area (Å²) in [4.78, 5) is 18.8. The molecule has 1 N–H and O–H groups in total. The van der Waals surface area contributed by atoms with E-state index in [9.17, 15) is 4.79 Å². The molecule has 3 rings (SSSR count). The first-order valence-corrected chi connectivity index (χ1v) is 10.7. The highest BCUT2D eigenvalue weighted by molar-refractivity contribution is 7.99. The lowest BCUT2D eigenvalue weighted by Gasteiger charge is -2.31. The zero-order chi connectivity index (χ0) is 19.1. The largest absolute Gasteiger partial charge is 0.351 e. The average molecular weight is 389 g/mol. The van der Waals surface area contributed by atoms with Gasteiger partial charge in [0.15, 0.2) is 5.82 Å². The molecular formula is C20H28N4O2S. The fraction of sp³-hybridized carbons (Fsp3) is 0.550. The topological polar surface area (TPSA) is 71.3 Å². The Morgan fingerprint density at radius 1 is 1.37 bits per heavy atom. The molecule has 2 aromatic rings. The maximum atomic E-state index is 12.1. The first kappa shape index (κ1) is 19.9. The van der Waals surface area contributed by atoms with Crippen LogP contribution in [0.4, 0.5) is 0 Å². The number of carbonyl (C=O) groups excluding carboxylic acids is 1. The highest BCUT2D eigenvalue weighted by Gasteiger charge is 2.17. The number of rotatable bonds is 8. The number of hydrogen-bond donors (Lipinski definition) is 1. The predicted molar refractivity (Wildman–Crippen MR) is 107 cm³/mol. The molecule has 1 atom stereocenters. The first-order valence-electron chi connectivity index (χ1n) is 9.53. The first-order chi connectivity index (χ1) is 13.1. The van der Waals surface area contributed by atoms with Gasteiger partial charge in [0.05, 0.1) is 11.5 Å². The van der Waals surface area contributed by atoms with Crippen molar-refractivity contribution in [1.82, 2.24) is 20.4 Å². The van der Waals surface area contributed by atoms with E-state index >= 15 is 0 Å². The monoisotopic (exact) mass is 388 g/mol. The molecule has 0 spiro atoms. The van der Waals surface area contributed by atoms with Gasteiger partial charge < -0.3 is 9.84 Å². The van der Waals surface area contributed by atoms with Crippen LogP contribution < -0.4 is 5.32 Å². The fourth-order valence-corrected chi connectivity index (χ4v) is 4.12. The molecular weight excluding hydrogens is 360 g/mol. The molecule has 1 aliphatic rings. The second kappa shape index (κ2) is 9.90. The number of aromatic nitrogens is 2. The van der Waals surface area contributed by atoms with E-state index in [-0.39, 0.29) is 5.91 Å². The van der Waals surface area contributed by atoms with Crippen LogP contribution in [0.5, 0.6) is 0 Å². The molecule has 1 aliphatic heterocycles. The summed E-state index contributed by atoms with van der Waals surface area (Å²) in [5.41, 5.74) is 2.50. The van der Waals surface area contributed by atoms with Crippen LogP contribution in [0.3, 0.4) is 0 Å². The van der Waals surface area contributed by atoms with Gasteiger partial charge in [-0.3, -0.25) is 9.69 Å². The van der Waals surface area contributed by atoms with Gasteiger partial charge in [-0.2, -0.15) is 4.98 Å². The van der Waals surface area contributed by atoms with Gasteiger partial charge in [-0.1, -0.05) is 36.3 Å². The van der Waals surface area contributed by atoms with Crippen molar-refractivity contribution in [3.8, 4) is 0 Å². The molecule has 7 heteroatoms. The molecule has 1 amide bonds. The molecule has 1 aromatic carbocycles. The van der Waals surface area contributed by atoms with Gasteiger partial charge in [-0.25, -0.2) is 0 Å². The molecule has 0 bridgehead atoms. The standard InChI is InChI=1S/C20H28N4O2S/c1-15-6-5-9-24(11-15)12-18-8-4-3-7-17(18)10-21-20(25)14-27-13-19-22-16(2)26-23-19/h3-4,7-8,15H,5-6,9-14H2,1-2H3,(H,21,25). The smallest absolute Gasteiger partial charge is 0.230 e. The number of amides is 1. The Morgan fingerprint density at radius 2 is 2.19 bits per heavy atom. The summed E-state index contributed by atoms with van der Waals surface area (Å²) in [7, 11) is 0. The van der Waals surface area contributed by atoms with Gasteiger partial charge in [-0.05, 0) is 36.4 Å². The Labute approximate surface area is 165 Å². The number of benzene rings is 1. The Hall–Kier alpha value is -1.86. The summed E-state index contributed by atoms with van der Waals surface area (Å²) < 4.78 is 4.93. The van der Waals surface area contributed by atoms with Crippen LogP contribution in [-0.4, -0.2) is 39.8 Å². The lowest BCUT2D eigenvalue weighted by molar-refractivity contribution is -0.118. The second-order valence-electron chi connectivity index (χ2n) is 7.25. The van der Waals surface area contributed by atoms with Gasteiger partial charge in [-0.15, -0.1) is 11.8 Å². The molecule has 1 saturated heterocycles. The highest BCUT2D eigenvalue weighted by atomic mass is 32.2. The molecule has 27 heavy (non-hydrogen) atoms. The third kappa shape index (κ3) is 6.36. The number of hydrogen-bond acceptors (Lipinski definition) is 6. The van der Waals surface area contributed by atoms with Crippen LogP contribution in [0.2, 0.25) is 0 Å². The van der Waals surface area contributed by atoms with Gasteiger partial charge in [0.2, 0.25) is 11.8 Å². The minimum atomic E-state index is 0.0293. The number of nitrogens with zero attached hydrogens (tertiary/aromatic N) is 3. The van der Waals surface area contributed by atoms with E-state index in [0.29, 0.717) is 29.8 Å². The summed E-state index contributed by atoms with van der Waals surface area (Å²) in [6.45, 7) is 7.94. The minimum Gasteiger partial charge on any atom is -0.351 e. The summed E-state index contributed by atoms with van der Waals surface area (Å²) in [5.74, 6) is 2.95. The van der Waals surface area contributed by atoms with Crippen molar-refractivity contribution in [2.24, 2.45) is 5.92 Å². The third-order valence-corrected chi connectivity index (χ3v) is 5.69. The maximum Gasteiger partial charge on any atom is 0.230 e. The van der Waals surface area contributed by atoms with E-state index in [2.05, 4.69) is 45.5 Å². The molecule has 1 fully saturated rings. The van der Waals surface area contributed by atoms with Crippen molar-refractivity contribution in [2.75, 3.05) is 18.8 Å². The molecule has 6 nitrogen and oxygen atoms in total. The summed E-state index contributed by atoms with van der Waals surface area (Å²) in [6.07, 6.45) is 2.60. The normalized spacial score (nSPS) is 17.8. The van der Waals surface area contributed by atoms with Crippen LogP contribution in [0.25, 0.3) is 0 Å². The quantitative estimate of drug-likeness (QED) is 0.749. The van der Waals surface area contributed by atoms with E-state index in [1.54, 1.807) is 6.92 Å². The summed E-state index contributed by atoms with van der Waals surface area (Å²) >= 11 is 1.49. The van der Waals surface area contributed by atoms with Crippen LogP contribution in [0.15, 0.2) is 28.8 Å². The number of likely N-dealkylation sites (tertiary alicyclic amines) is 1. The Balaban J connectivity index is 1.45. The average Bonchev–Trinajstić information content (AvgIpc) is 3.06. The zero-order valence-corrected chi connectivity index (χ0v) is 16.9. The zero-order valence-electron chi connectivity index (χ0n) is 16.1. The number of nitrogens with one attached hydrogen (secondary N) is 1. The van der Waals surface area contributed by atoms with E-state index in [1.807, 2.05) is 6.07 Å². The molecule has 1 aromatic heterocycles. The number of aryl methyl sites for hydroxylation is 1. The summed E-state index contributed by atoms with van der Waals surface area (Å²) in [5, 5.41) is 6.87. The highest BCUT2D eigenvalue weighted by Crippen LogP contribution is 2.19. The lowest BCUT2D eigenvalue weighted by atomic mass is 9.99. The minimum absolute atomic E-state index is 0.0293. The van der Waals surface area contributed by atoms with Gasteiger partial charge in [0.1, 0.15) is 0 Å². The molecule has 146 valence electrons. The lowest BCUT2D eigenvalue weighted by Crippen LogP contribution is -2.34. The van der Waals surface area contributed by atoms with E-state index < -0.39 is 0 Å². The van der Waals surface area contributed by atoms with Crippen molar-refractivity contribution >= 4 is 17.7 Å². The SMILES string of the molecule is Cc1nc(CSCC(=O)NCc2ccccc2CN2CCCC(C)C2)no1. The molecule has 2 heterocycles. The molecule has 0 radical (unpaired) electrons. The maximum absolute atomic E-state index is 12.1. The van der Waals surface area contributed by atoms with Gasteiger partial charge >= 0.3 is 0 Å². The Bertz CT molecular complexity index is 749. The van der Waals surface area contributed by atoms with Crippen LogP contribution in [0.1, 0.15) is 42.6 Å². The van der Waals surface area contributed by atoms with Crippen molar-refractivity contribution in [3.05, 3.63) is 47.1 Å². The number of carbonyl (C=O) groups is 1. The molecule has 1 unspecified atom stereocenters. The summed E-state index contributed by atoms with van der Waals surface area (Å²) in [6, 6.07) is 8.40. The van der Waals surface area contributed by atoms with Crippen molar-refractivity contribution in [1.29, 1.82) is 0 Å². The second-order valence-corrected chi connectivity index (χ2v) is 8.24. The van der Waals surface area contributed by atoms with Gasteiger partial charge in [0, 0.05) is 26.6 Å². The van der Waals surface area contributed by atoms with Crippen molar-refractivity contribution in [3.63, 3.8) is 0 Å². The fourth-order valence-electron chi connectivity index (χ4n) is 3.44. The Kier molecular flexibility index (Phi) is 7.29. The third-order valence-electron chi connectivity index (χ3n) is 4.76. The van der Waals surface area contributed by atoms with Crippen molar-refractivity contribution < 1.29 is 9.32 Å². The van der Waals surface area contributed by atoms with E-state index in [1.165, 1.54) is 35.7 Å². The van der Waals surface area contributed by atoms with Crippen molar-refractivity contribution in [2.45, 2.75) is 45.5 Å². The van der Waals surface area contributed by atoms with Crippen LogP contribution in [0, 0.1) is 12.8 Å². The molecule has 0 saturated carbocycles.